The van der Waals surface area contributed by atoms with Gasteiger partial charge in [0.25, 0.3) is 0 Å². The maximum atomic E-state index is 11.4. The van der Waals surface area contributed by atoms with E-state index in [2.05, 4.69) is 20.8 Å². The van der Waals surface area contributed by atoms with Crippen LogP contribution < -0.4 is 9.47 Å². The van der Waals surface area contributed by atoms with Gasteiger partial charge in [0.2, 0.25) is 0 Å². The van der Waals surface area contributed by atoms with Crippen LogP contribution in [0.5, 0.6) is 11.5 Å². The summed E-state index contributed by atoms with van der Waals surface area (Å²) in [4.78, 5) is 0. The highest BCUT2D eigenvalue weighted by atomic mass is 16.5. The number of hydrogen-bond donors (Lipinski definition) is 2. The van der Waals surface area contributed by atoms with Crippen molar-refractivity contribution in [2.75, 3.05) is 14.2 Å². The van der Waals surface area contributed by atoms with Gasteiger partial charge in [-0.05, 0) is 86.3 Å². The van der Waals surface area contributed by atoms with Crippen molar-refractivity contribution in [3.63, 3.8) is 0 Å². The molecule has 5 atom stereocenters. The lowest BCUT2D eigenvalue weighted by molar-refractivity contribution is -0.176. The van der Waals surface area contributed by atoms with Crippen molar-refractivity contribution < 1.29 is 19.7 Å². The van der Waals surface area contributed by atoms with Crippen LogP contribution in [0.3, 0.4) is 0 Å². The molecule has 0 heterocycles. The first kappa shape index (κ1) is 22.4. The molecule has 0 spiro atoms. The number of benzene rings is 1. The van der Waals surface area contributed by atoms with E-state index in [1.165, 1.54) is 12.8 Å². The van der Waals surface area contributed by atoms with E-state index in [0.717, 1.165) is 30.4 Å². The predicted molar refractivity (Wildman–Crippen MR) is 116 cm³/mol. The van der Waals surface area contributed by atoms with Crippen molar-refractivity contribution in [2.24, 2.45) is 22.7 Å². The smallest absolute Gasteiger partial charge is 0.166 e. The van der Waals surface area contributed by atoms with Crippen LogP contribution in [-0.2, 0) is 0 Å². The molecule has 3 rings (SSSR count). The van der Waals surface area contributed by atoms with Gasteiger partial charge < -0.3 is 19.7 Å². The van der Waals surface area contributed by atoms with E-state index in [1.807, 2.05) is 26.0 Å². The van der Waals surface area contributed by atoms with Gasteiger partial charge in [0, 0.05) is 5.56 Å². The Labute approximate surface area is 176 Å². The Hall–Kier alpha value is -1.26. The van der Waals surface area contributed by atoms with Crippen LogP contribution in [0.2, 0.25) is 0 Å². The highest BCUT2D eigenvalue weighted by molar-refractivity contribution is 5.50. The number of aliphatic hydroxyl groups is 2. The van der Waals surface area contributed by atoms with Crippen LogP contribution in [0.25, 0.3) is 0 Å². The highest BCUT2D eigenvalue weighted by Gasteiger charge is 2.58. The summed E-state index contributed by atoms with van der Waals surface area (Å²) in [5.41, 5.74) is 1.29. The van der Waals surface area contributed by atoms with E-state index in [9.17, 15) is 10.2 Å². The molecule has 0 bridgehead atoms. The van der Waals surface area contributed by atoms with E-state index in [4.69, 9.17) is 9.47 Å². The lowest BCUT2D eigenvalue weighted by atomic mass is 9.45. The summed E-state index contributed by atoms with van der Waals surface area (Å²) in [6, 6.07) is 3.90. The van der Waals surface area contributed by atoms with Gasteiger partial charge in [0.15, 0.2) is 11.5 Å². The second-order valence-corrected chi connectivity index (χ2v) is 10.7. The summed E-state index contributed by atoms with van der Waals surface area (Å²) >= 11 is 0. The molecule has 2 N–H and O–H groups in total. The molecule has 2 fully saturated rings. The molecule has 4 heteroatoms. The Morgan fingerprint density at radius 3 is 2.38 bits per heavy atom. The van der Waals surface area contributed by atoms with E-state index in [-0.39, 0.29) is 16.7 Å². The zero-order valence-electron chi connectivity index (χ0n) is 19.3. The van der Waals surface area contributed by atoms with Gasteiger partial charge in [-0.1, -0.05) is 27.2 Å². The summed E-state index contributed by atoms with van der Waals surface area (Å²) in [7, 11) is 3.23. The third-order valence-electron chi connectivity index (χ3n) is 8.23. The van der Waals surface area contributed by atoms with Crippen LogP contribution >= 0.6 is 0 Å². The third-order valence-corrected chi connectivity index (χ3v) is 8.23. The van der Waals surface area contributed by atoms with Crippen LogP contribution in [0.1, 0.15) is 83.5 Å². The average Bonchev–Trinajstić information content (AvgIpc) is 2.62. The first-order chi connectivity index (χ1) is 13.5. The number of rotatable bonds is 5. The summed E-state index contributed by atoms with van der Waals surface area (Å²) in [5, 5.41) is 22.8. The van der Waals surface area contributed by atoms with Crippen molar-refractivity contribution >= 4 is 0 Å². The molecule has 0 aromatic heterocycles. The molecule has 0 radical (unpaired) electrons. The fraction of sp³-hybridized carbons (Fsp3) is 0.760. The number of hydrogen-bond acceptors (Lipinski definition) is 4. The summed E-state index contributed by atoms with van der Waals surface area (Å²) in [6.45, 7) is 11.1. The molecule has 1 aromatic rings. The van der Waals surface area contributed by atoms with Gasteiger partial charge in [-0.15, -0.1) is 0 Å². The summed E-state index contributed by atoms with van der Waals surface area (Å²) in [6.07, 6.45) is 5.21. The van der Waals surface area contributed by atoms with Crippen molar-refractivity contribution in [3.8, 4) is 11.5 Å². The van der Waals surface area contributed by atoms with E-state index >= 15 is 0 Å². The molecule has 164 valence electrons. The largest absolute Gasteiger partial charge is 0.493 e. The quantitative estimate of drug-likeness (QED) is 0.687. The fourth-order valence-electron chi connectivity index (χ4n) is 6.88. The lowest BCUT2D eigenvalue weighted by Crippen LogP contribution is -2.57. The van der Waals surface area contributed by atoms with Crippen LogP contribution in [-0.4, -0.2) is 30.0 Å². The van der Waals surface area contributed by atoms with Crippen molar-refractivity contribution in [1.29, 1.82) is 0 Å². The van der Waals surface area contributed by atoms with Crippen LogP contribution in [0, 0.1) is 29.6 Å². The lowest BCUT2D eigenvalue weighted by Gasteiger charge is -2.61. The van der Waals surface area contributed by atoms with Gasteiger partial charge in [-0.25, -0.2) is 0 Å². The molecule has 29 heavy (non-hydrogen) atoms. The predicted octanol–water partition coefficient (Wildman–Crippen LogP) is 5.43. The molecule has 4 nitrogen and oxygen atoms in total. The monoisotopic (exact) mass is 404 g/mol. The average molecular weight is 405 g/mol. The molecular formula is C25H40O4. The first-order valence-corrected chi connectivity index (χ1v) is 11.1. The number of aryl methyl sites for hydroxylation is 1. The molecular weight excluding hydrogens is 364 g/mol. The zero-order chi connectivity index (χ0) is 21.6. The van der Waals surface area contributed by atoms with Crippen molar-refractivity contribution in [2.45, 2.75) is 84.8 Å². The van der Waals surface area contributed by atoms with Crippen molar-refractivity contribution in [1.82, 2.24) is 0 Å². The zero-order valence-corrected chi connectivity index (χ0v) is 19.3. The third kappa shape index (κ3) is 3.90. The number of aliphatic hydroxyl groups excluding tert-OH is 1. The molecule has 2 aliphatic rings. The second kappa shape index (κ2) is 7.77. The van der Waals surface area contributed by atoms with E-state index in [0.29, 0.717) is 23.8 Å². The Morgan fingerprint density at radius 1 is 1.07 bits per heavy atom. The minimum atomic E-state index is -0.777. The molecule has 0 aliphatic heterocycles. The normalized spacial score (nSPS) is 34.9. The number of ether oxygens (including phenoxy) is 2. The number of methoxy groups -OCH3 is 2. The highest BCUT2D eigenvalue weighted by Crippen LogP contribution is 2.63. The Bertz CT molecular complexity index is 739. The van der Waals surface area contributed by atoms with Crippen LogP contribution in [0.4, 0.5) is 0 Å². The Morgan fingerprint density at radius 2 is 1.76 bits per heavy atom. The fourth-order valence-corrected chi connectivity index (χ4v) is 6.88. The van der Waals surface area contributed by atoms with E-state index < -0.39 is 11.7 Å². The Kier molecular flexibility index (Phi) is 6.01. The summed E-state index contributed by atoms with van der Waals surface area (Å²) < 4.78 is 11.1. The maximum absolute atomic E-state index is 11.4. The maximum Gasteiger partial charge on any atom is 0.166 e. The molecule has 2 aliphatic carbocycles. The molecule has 1 aromatic carbocycles. The topological polar surface area (TPSA) is 58.9 Å². The van der Waals surface area contributed by atoms with Crippen molar-refractivity contribution in [3.05, 3.63) is 23.3 Å². The first-order valence-electron chi connectivity index (χ1n) is 11.1. The SMILES string of the molecule is COc1cc(C)cc(C(O)C[C@@H]2[C@@]3(C)CCCC(C)(C)C3CC[C@@]2(C)O)c1OC. The molecule has 2 unspecified atom stereocenters. The van der Waals surface area contributed by atoms with Gasteiger partial charge in [0.1, 0.15) is 0 Å². The molecule has 0 amide bonds. The van der Waals surface area contributed by atoms with Gasteiger partial charge in [0.05, 0.1) is 25.9 Å². The molecule has 0 saturated heterocycles. The van der Waals surface area contributed by atoms with E-state index in [1.54, 1.807) is 14.2 Å². The minimum Gasteiger partial charge on any atom is -0.493 e. The molecule has 2 saturated carbocycles. The second-order valence-electron chi connectivity index (χ2n) is 10.7. The van der Waals surface area contributed by atoms with Crippen LogP contribution in [0.15, 0.2) is 12.1 Å². The standard InChI is InChI=1S/C25H40O4/c1-16-13-17(22(29-7)19(14-16)28-6)18(26)15-21-24(4)11-8-10-23(2,3)20(24)9-12-25(21,5)27/h13-14,18,20-21,26-27H,8-12,15H2,1-7H3/t18?,20?,21-,24+,25-/m1/s1. The van der Waals surface area contributed by atoms with Gasteiger partial charge in [-0.3, -0.25) is 0 Å². The minimum absolute atomic E-state index is 0.0195. The summed E-state index contributed by atoms with van der Waals surface area (Å²) in [5.74, 6) is 1.82. The van der Waals surface area contributed by atoms with Gasteiger partial charge >= 0.3 is 0 Å². The number of fused-ring (bicyclic) bond motifs is 1. The van der Waals surface area contributed by atoms with Gasteiger partial charge in [-0.2, -0.15) is 0 Å². The Balaban J connectivity index is 1.98.